The molecular weight excluding hydrogens is 278 g/mol. The quantitative estimate of drug-likeness (QED) is 0.832. The van der Waals surface area contributed by atoms with Gasteiger partial charge in [0.15, 0.2) is 11.5 Å². The van der Waals surface area contributed by atoms with Gasteiger partial charge in [0, 0.05) is 6.54 Å². The summed E-state index contributed by atoms with van der Waals surface area (Å²) < 4.78 is 16.0. The van der Waals surface area contributed by atoms with Crippen molar-refractivity contribution in [3.8, 4) is 17.2 Å². The Morgan fingerprint density at radius 2 is 1.86 bits per heavy atom. The third kappa shape index (κ3) is 3.34. The van der Waals surface area contributed by atoms with E-state index in [0.717, 1.165) is 42.3 Å². The molecule has 0 aliphatic carbocycles. The van der Waals surface area contributed by atoms with E-state index in [0.29, 0.717) is 6.79 Å². The van der Waals surface area contributed by atoms with Crippen molar-refractivity contribution in [3.63, 3.8) is 0 Å². The van der Waals surface area contributed by atoms with Crippen LogP contribution in [0.5, 0.6) is 17.2 Å². The van der Waals surface area contributed by atoms with Gasteiger partial charge in [-0.15, -0.1) is 0 Å². The van der Waals surface area contributed by atoms with Crippen LogP contribution in [0, 0.1) is 6.92 Å². The summed E-state index contributed by atoms with van der Waals surface area (Å²) in [6.45, 7) is 4.17. The lowest BCUT2D eigenvalue weighted by molar-refractivity contribution is 0.174. The van der Waals surface area contributed by atoms with E-state index < -0.39 is 0 Å². The predicted molar refractivity (Wildman–Crippen MR) is 85.7 cm³/mol. The summed E-state index contributed by atoms with van der Waals surface area (Å²) in [5, 5.41) is 3.47. The number of nitrogens with one attached hydrogen (secondary N) is 1. The summed E-state index contributed by atoms with van der Waals surface area (Å²) in [6.07, 6.45) is 0.964. The second-order valence-corrected chi connectivity index (χ2v) is 5.42. The predicted octanol–water partition coefficient (Wildman–Crippen LogP) is 3.06. The number of rotatable bonds is 6. The smallest absolute Gasteiger partial charge is 0.231 e. The van der Waals surface area contributed by atoms with Crippen LogP contribution in [0.3, 0.4) is 0 Å². The van der Waals surface area contributed by atoms with Gasteiger partial charge >= 0.3 is 0 Å². The average molecular weight is 299 g/mol. The Balaban J connectivity index is 1.48. The maximum Gasteiger partial charge on any atom is 0.231 e. The molecular formula is C18H21NO3. The van der Waals surface area contributed by atoms with Gasteiger partial charge in [-0.3, -0.25) is 0 Å². The molecule has 4 nitrogen and oxygen atoms in total. The maximum absolute atomic E-state index is 5.40. The summed E-state index contributed by atoms with van der Waals surface area (Å²) in [4.78, 5) is 0. The van der Waals surface area contributed by atoms with Gasteiger partial charge in [-0.2, -0.15) is 0 Å². The lowest BCUT2D eigenvalue weighted by atomic mass is 10.1. The molecule has 1 N–H and O–H groups in total. The molecule has 2 aromatic carbocycles. The van der Waals surface area contributed by atoms with Crippen molar-refractivity contribution in [3.05, 3.63) is 53.1 Å². The van der Waals surface area contributed by atoms with Gasteiger partial charge in [0.05, 0.1) is 7.11 Å². The van der Waals surface area contributed by atoms with Gasteiger partial charge in [-0.1, -0.05) is 18.2 Å². The first-order chi connectivity index (χ1) is 10.8. The van der Waals surface area contributed by atoms with Crippen molar-refractivity contribution in [1.29, 1.82) is 0 Å². The molecule has 0 radical (unpaired) electrons. The highest BCUT2D eigenvalue weighted by molar-refractivity contribution is 5.44. The third-order valence-corrected chi connectivity index (χ3v) is 3.82. The van der Waals surface area contributed by atoms with Gasteiger partial charge in [0.1, 0.15) is 5.75 Å². The Morgan fingerprint density at radius 1 is 1.05 bits per heavy atom. The van der Waals surface area contributed by atoms with Crippen molar-refractivity contribution in [1.82, 2.24) is 5.32 Å². The third-order valence-electron chi connectivity index (χ3n) is 3.82. The van der Waals surface area contributed by atoms with Crippen LogP contribution >= 0.6 is 0 Å². The highest BCUT2D eigenvalue weighted by Gasteiger charge is 2.12. The van der Waals surface area contributed by atoms with Crippen LogP contribution in [0.2, 0.25) is 0 Å². The molecule has 1 aliphatic rings. The second kappa shape index (κ2) is 6.71. The van der Waals surface area contributed by atoms with Crippen LogP contribution in [0.4, 0.5) is 0 Å². The average Bonchev–Trinajstić information content (AvgIpc) is 2.99. The number of ether oxygens (including phenoxy) is 3. The van der Waals surface area contributed by atoms with E-state index in [1.54, 1.807) is 7.11 Å². The summed E-state index contributed by atoms with van der Waals surface area (Å²) in [6, 6.07) is 12.4. The van der Waals surface area contributed by atoms with E-state index in [1.165, 1.54) is 11.1 Å². The van der Waals surface area contributed by atoms with Crippen LogP contribution in [0.1, 0.15) is 16.7 Å². The molecule has 1 heterocycles. The van der Waals surface area contributed by atoms with E-state index in [-0.39, 0.29) is 0 Å². The van der Waals surface area contributed by atoms with E-state index in [4.69, 9.17) is 14.2 Å². The Labute approximate surface area is 131 Å². The van der Waals surface area contributed by atoms with Gasteiger partial charge in [-0.05, 0) is 54.8 Å². The topological polar surface area (TPSA) is 39.7 Å². The van der Waals surface area contributed by atoms with Crippen LogP contribution in [0.25, 0.3) is 0 Å². The van der Waals surface area contributed by atoms with Crippen LogP contribution in [0.15, 0.2) is 36.4 Å². The number of benzene rings is 2. The molecule has 116 valence electrons. The van der Waals surface area contributed by atoms with Crippen molar-refractivity contribution in [2.45, 2.75) is 19.9 Å². The summed E-state index contributed by atoms with van der Waals surface area (Å²) in [7, 11) is 1.70. The molecule has 4 heteroatoms. The van der Waals surface area contributed by atoms with Crippen LogP contribution in [-0.2, 0) is 13.0 Å². The summed E-state index contributed by atoms with van der Waals surface area (Å²) in [5.41, 5.74) is 3.68. The molecule has 0 atom stereocenters. The summed E-state index contributed by atoms with van der Waals surface area (Å²) >= 11 is 0. The highest BCUT2D eigenvalue weighted by atomic mass is 16.7. The van der Waals surface area contributed by atoms with E-state index >= 15 is 0 Å². The van der Waals surface area contributed by atoms with Crippen molar-refractivity contribution in [2.24, 2.45) is 0 Å². The SMILES string of the molecule is COc1ccc(CNCCc2ccc3c(c2)OCO3)cc1C. The lowest BCUT2D eigenvalue weighted by Crippen LogP contribution is -2.16. The largest absolute Gasteiger partial charge is 0.496 e. The number of hydrogen-bond acceptors (Lipinski definition) is 4. The molecule has 2 aromatic rings. The standard InChI is InChI=1S/C18H21NO3/c1-13-9-15(4-5-16(13)20-2)11-19-8-7-14-3-6-17-18(10-14)22-12-21-17/h3-6,9-10,19H,7-8,11-12H2,1-2H3. The fourth-order valence-corrected chi connectivity index (χ4v) is 2.61. The Morgan fingerprint density at radius 3 is 2.68 bits per heavy atom. The zero-order valence-electron chi connectivity index (χ0n) is 13.0. The zero-order chi connectivity index (χ0) is 15.4. The Kier molecular flexibility index (Phi) is 4.49. The number of aryl methyl sites for hydroxylation is 1. The van der Waals surface area contributed by atoms with Gasteiger partial charge in [-0.25, -0.2) is 0 Å². The zero-order valence-corrected chi connectivity index (χ0v) is 13.0. The van der Waals surface area contributed by atoms with E-state index in [1.807, 2.05) is 12.1 Å². The molecule has 0 aromatic heterocycles. The minimum atomic E-state index is 0.327. The maximum atomic E-state index is 5.40. The molecule has 0 spiro atoms. The normalized spacial score (nSPS) is 12.5. The van der Waals surface area contributed by atoms with Gasteiger partial charge in [0.2, 0.25) is 6.79 Å². The molecule has 0 amide bonds. The number of fused-ring (bicyclic) bond motifs is 1. The number of hydrogen-bond donors (Lipinski definition) is 1. The first-order valence-corrected chi connectivity index (χ1v) is 7.49. The highest BCUT2D eigenvalue weighted by Crippen LogP contribution is 2.32. The second-order valence-electron chi connectivity index (χ2n) is 5.42. The fourth-order valence-electron chi connectivity index (χ4n) is 2.61. The van der Waals surface area contributed by atoms with Crippen LogP contribution < -0.4 is 19.5 Å². The van der Waals surface area contributed by atoms with Crippen molar-refractivity contribution >= 4 is 0 Å². The van der Waals surface area contributed by atoms with Gasteiger partial charge in [0.25, 0.3) is 0 Å². The molecule has 1 aliphatic heterocycles. The minimum absolute atomic E-state index is 0.327. The Hall–Kier alpha value is -2.20. The first kappa shape index (κ1) is 14.7. The molecule has 0 saturated heterocycles. The Bertz CT molecular complexity index is 655. The van der Waals surface area contributed by atoms with Crippen LogP contribution in [-0.4, -0.2) is 20.4 Å². The first-order valence-electron chi connectivity index (χ1n) is 7.49. The molecule has 22 heavy (non-hydrogen) atoms. The molecule has 0 unspecified atom stereocenters. The van der Waals surface area contributed by atoms with Gasteiger partial charge < -0.3 is 19.5 Å². The number of methoxy groups -OCH3 is 1. The summed E-state index contributed by atoms with van der Waals surface area (Å²) in [5.74, 6) is 2.62. The van der Waals surface area contributed by atoms with Crippen molar-refractivity contribution in [2.75, 3.05) is 20.4 Å². The fraction of sp³-hybridized carbons (Fsp3) is 0.333. The van der Waals surface area contributed by atoms with Crippen molar-refractivity contribution < 1.29 is 14.2 Å². The molecule has 0 bridgehead atoms. The lowest BCUT2D eigenvalue weighted by Gasteiger charge is -2.09. The molecule has 0 fully saturated rings. The van der Waals surface area contributed by atoms with E-state index in [2.05, 4.69) is 36.5 Å². The molecule has 3 rings (SSSR count). The monoisotopic (exact) mass is 299 g/mol. The minimum Gasteiger partial charge on any atom is -0.496 e. The van der Waals surface area contributed by atoms with E-state index in [9.17, 15) is 0 Å². The molecule has 0 saturated carbocycles.